The first-order chi connectivity index (χ1) is 7.57. The highest BCUT2D eigenvalue weighted by atomic mass is 31.2. The van der Waals surface area contributed by atoms with Gasteiger partial charge in [0.2, 0.25) is 0 Å². The molecule has 2 unspecified atom stereocenters. The minimum atomic E-state index is -0.862. The van der Waals surface area contributed by atoms with E-state index >= 15 is 0 Å². The fraction of sp³-hybridized carbons (Fsp3) is 1.00. The molecule has 0 spiro atoms. The summed E-state index contributed by atoms with van der Waals surface area (Å²) in [5.74, 6) is 0. The summed E-state index contributed by atoms with van der Waals surface area (Å²) in [5.41, 5.74) is 0. The molecular weight excluding hydrogens is 256 g/mol. The molecule has 0 aromatic heterocycles. The SMILES string of the molecule is [BH3-][P+](C)(N(C)N(C)[P+]([BH3-])(C)C(C)(C)C)C(C)(C)C. The second-order valence-corrected chi connectivity index (χ2v) is 12.3. The van der Waals surface area contributed by atoms with Crippen LogP contribution in [0.3, 0.4) is 0 Å². The van der Waals surface area contributed by atoms with E-state index < -0.39 is 14.6 Å². The van der Waals surface area contributed by atoms with Gasteiger partial charge >= 0.3 is 0 Å². The van der Waals surface area contributed by atoms with E-state index in [-0.39, 0.29) is 0 Å². The van der Waals surface area contributed by atoms with E-state index in [9.17, 15) is 0 Å². The molecule has 0 aromatic rings. The van der Waals surface area contributed by atoms with E-state index in [2.05, 4.69) is 78.5 Å². The highest BCUT2D eigenvalue weighted by Crippen LogP contribution is 2.71. The van der Waals surface area contributed by atoms with Crippen LogP contribution in [0.15, 0.2) is 0 Å². The molecule has 0 aliphatic heterocycles. The summed E-state index contributed by atoms with van der Waals surface area (Å²) in [6.45, 7) is 19.9. The lowest BCUT2D eigenvalue weighted by Crippen LogP contribution is -2.45. The Balaban J connectivity index is 5.31. The van der Waals surface area contributed by atoms with Crippen LogP contribution in [0, 0.1) is 0 Å². The Kier molecular flexibility index (Phi) is 5.63. The normalized spacial score (nSPS) is 21.0. The molecule has 0 aliphatic rings. The Morgan fingerprint density at radius 1 is 0.667 bits per heavy atom. The fourth-order valence-electron chi connectivity index (χ4n) is 1.26. The lowest BCUT2D eigenvalue weighted by molar-refractivity contribution is 0.249. The molecule has 0 N–H and O–H groups in total. The smallest absolute Gasteiger partial charge is 0.136 e. The highest BCUT2D eigenvalue weighted by Gasteiger charge is 2.47. The molecule has 0 radical (unpaired) electrons. The van der Waals surface area contributed by atoms with E-state index in [1.807, 2.05) is 0 Å². The van der Waals surface area contributed by atoms with Gasteiger partial charge in [-0.05, 0) is 41.5 Å². The van der Waals surface area contributed by atoms with Crippen molar-refractivity contribution in [3.63, 3.8) is 0 Å². The summed E-state index contributed by atoms with van der Waals surface area (Å²) in [7, 11) is 3.76. The molecule has 0 aliphatic carbocycles. The maximum atomic E-state index is 2.74. The molecule has 2 atom stereocenters. The van der Waals surface area contributed by atoms with Crippen molar-refractivity contribution in [2.75, 3.05) is 27.4 Å². The van der Waals surface area contributed by atoms with Crippen LogP contribution >= 0.6 is 14.6 Å². The van der Waals surface area contributed by atoms with Crippen molar-refractivity contribution in [2.45, 2.75) is 51.9 Å². The van der Waals surface area contributed by atoms with Crippen LogP contribution in [-0.2, 0) is 0 Å². The quantitative estimate of drug-likeness (QED) is 0.446. The molecule has 0 rings (SSSR count). The van der Waals surface area contributed by atoms with Crippen LogP contribution in [-0.4, -0.2) is 62.4 Å². The first kappa shape index (κ1) is 18.9. The van der Waals surface area contributed by atoms with Gasteiger partial charge in [0.05, 0.1) is 0 Å². The van der Waals surface area contributed by atoms with Gasteiger partial charge in [0.25, 0.3) is 0 Å². The third kappa shape index (κ3) is 3.51. The number of hydrogen-bond acceptors (Lipinski definition) is 2. The first-order valence-electron chi connectivity index (χ1n) is 5.84. The average Bonchev–Trinajstić information content (AvgIpc) is 2.11. The number of rotatable bonds is 3. The second-order valence-electron chi connectivity index (χ2n) is 6.37. The van der Waals surface area contributed by atoms with Crippen LogP contribution in [0.1, 0.15) is 41.5 Å². The average molecular weight is 292 g/mol. The van der Waals surface area contributed by atoms with Crippen LogP contribution in [0.5, 0.6) is 0 Å². The lowest BCUT2D eigenvalue weighted by Gasteiger charge is -2.54. The predicted octanol–water partition coefficient (Wildman–Crippen LogP) is 2.05. The van der Waals surface area contributed by atoms with E-state index in [0.717, 1.165) is 0 Å². The predicted molar refractivity (Wildman–Crippen MR) is 101 cm³/mol. The van der Waals surface area contributed by atoms with Gasteiger partial charge in [-0.2, -0.15) is 0 Å². The minimum absolute atomic E-state index is 0.358. The highest BCUT2D eigenvalue weighted by molar-refractivity contribution is 7.98. The standard InChI is InChI=1S/C12H36B2N2P2/c1-11(2,3)17(9,13)15(7)16(8)18(10,14)12(4,5)6/h1-10,13-14H3. The lowest BCUT2D eigenvalue weighted by atomic mass is 10.3. The maximum Gasteiger partial charge on any atom is 0.147 e. The van der Waals surface area contributed by atoms with Crippen molar-refractivity contribution in [1.29, 1.82) is 0 Å². The molecule has 2 nitrogen and oxygen atoms in total. The van der Waals surface area contributed by atoms with Crippen molar-refractivity contribution < 1.29 is 0 Å². The Hall–Kier alpha value is 0.910. The largest absolute Gasteiger partial charge is 0.147 e. The third-order valence-corrected chi connectivity index (χ3v) is 9.53. The van der Waals surface area contributed by atoms with Crippen LogP contribution < -0.4 is 0 Å². The zero-order chi connectivity index (χ0) is 15.2. The molecule has 6 heteroatoms. The van der Waals surface area contributed by atoms with E-state index in [1.54, 1.807) is 0 Å². The van der Waals surface area contributed by atoms with Crippen molar-refractivity contribution >= 4 is 29.7 Å². The minimum Gasteiger partial charge on any atom is -0.136 e. The van der Waals surface area contributed by atoms with Crippen molar-refractivity contribution in [3.8, 4) is 0 Å². The molecule has 110 valence electrons. The molecule has 0 heterocycles. The van der Waals surface area contributed by atoms with Gasteiger partial charge in [0.15, 0.2) is 0 Å². The summed E-state index contributed by atoms with van der Waals surface area (Å²) < 4.78 is 5.47. The van der Waals surface area contributed by atoms with Crippen molar-refractivity contribution in [3.05, 3.63) is 0 Å². The Morgan fingerprint density at radius 3 is 0.944 bits per heavy atom. The molecular formula is C12H36B2N2P2. The van der Waals surface area contributed by atoms with E-state index in [1.165, 1.54) is 0 Å². The molecule has 0 bridgehead atoms. The third-order valence-electron chi connectivity index (χ3n) is 3.23. The second kappa shape index (κ2) is 5.36. The van der Waals surface area contributed by atoms with Gasteiger partial charge in [0.1, 0.15) is 15.1 Å². The Bertz CT molecular complexity index is 263. The zero-order valence-corrected chi connectivity index (χ0v) is 14.6. The van der Waals surface area contributed by atoms with E-state index in [4.69, 9.17) is 0 Å². The van der Waals surface area contributed by atoms with Crippen LogP contribution in [0.25, 0.3) is 0 Å². The Morgan fingerprint density at radius 2 is 0.833 bits per heavy atom. The number of nitrogens with zero attached hydrogens (tertiary/aromatic N) is 2. The summed E-state index contributed by atoms with van der Waals surface area (Å²) in [4.78, 5) is 0. The molecule has 0 amide bonds. The summed E-state index contributed by atoms with van der Waals surface area (Å²) in [6, 6.07) is 0. The van der Waals surface area contributed by atoms with Crippen LogP contribution in [0.2, 0.25) is 0 Å². The summed E-state index contributed by atoms with van der Waals surface area (Å²) in [5, 5.41) is 0.988. The molecule has 0 saturated heterocycles. The Labute approximate surface area is 119 Å². The van der Waals surface area contributed by atoms with Gasteiger partial charge < -0.3 is 0 Å². The molecule has 0 fully saturated rings. The summed E-state index contributed by atoms with van der Waals surface area (Å²) in [6.07, 6.45) is 0. The monoisotopic (exact) mass is 292 g/mol. The zero-order valence-electron chi connectivity index (χ0n) is 12.8. The van der Waals surface area contributed by atoms with Gasteiger partial charge in [-0.3, -0.25) is 0 Å². The topological polar surface area (TPSA) is 6.48 Å². The first-order valence-corrected chi connectivity index (χ1v) is 9.32. The summed E-state index contributed by atoms with van der Waals surface area (Å²) >= 11 is 0. The number of hydrogen-bond donors (Lipinski definition) is 0. The van der Waals surface area contributed by atoms with Gasteiger partial charge in [0, 0.05) is 37.7 Å². The maximum absolute atomic E-state index is 2.74. The van der Waals surface area contributed by atoms with Gasteiger partial charge in [-0.25, -0.2) is 0 Å². The van der Waals surface area contributed by atoms with Gasteiger partial charge in [-0.15, -0.1) is 9.56 Å². The van der Waals surface area contributed by atoms with Crippen molar-refractivity contribution in [2.24, 2.45) is 0 Å². The van der Waals surface area contributed by atoms with Crippen LogP contribution in [0.4, 0.5) is 0 Å². The molecule has 0 aromatic carbocycles. The molecule has 18 heavy (non-hydrogen) atoms. The molecule has 0 saturated carbocycles. The van der Waals surface area contributed by atoms with Crippen molar-refractivity contribution in [1.82, 2.24) is 9.56 Å². The fourth-order valence-corrected chi connectivity index (χ4v) is 4.49. The van der Waals surface area contributed by atoms with E-state index in [0.29, 0.717) is 25.4 Å². The van der Waals surface area contributed by atoms with Gasteiger partial charge in [-0.1, -0.05) is 14.6 Å². The number of hydrazine groups is 1.